The number of rotatable bonds is 3. The number of benzene rings is 1. The van der Waals surface area contributed by atoms with E-state index in [1.165, 1.54) is 6.08 Å². The van der Waals surface area contributed by atoms with Crippen molar-refractivity contribution in [3.05, 3.63) is 35.9 Å². The molecule has 0 aliphatic rings. The maximum absolute atomic E-state index is 11.2. The molecule has 0 aliphatic carbocycles. The van der Waals surface area contributed by atoms with E-state index in [4.69, 9.17) is 10.5 Å². The molecule has 1 rings (SSSR count). The first-order chi connectivity index (χ1) is 8.11. The quantitative estimate of drug-likeness (QED) is 0.416. The lowest BCUT2D eigenvalue weighted by Crippen LogP contribution is -2.43. The Morgan fingerprint density at radius 1 is 1.35 bits per heavy atom. The van der Waals surface area contributed by atoms with Crippen LogP contribution in [0.25, 0.3) is 6.08 Å². The minimum Gasteiger partial charge on any atom is -0.497 e. The molecular weight excluding hydrogens is 238 g/mol. The van der Waals surface area contributed by atoms with Gasteiger partial charge in [-0.3, -0.25) is 15.6 Å². The van der Waals surface area contributed by atoms with Gasteiger partial charge in [0.15, 0.2) is 5.11 Å². The molecule has 0 atom stereocenters. The fourth-order valence-electron chi connectivity index (χ4n) is 1.05. The number of nitrogens with one attached hydrogen (secondary N) is 2. The largest absolute Gasteiger partial charge is 0.497 e. The molecule has 0 saturated carbocycles. The van der Waals surface area contributed by atoms with Crippen molar-refractivity contribution in [1.82, 2.24) is 10.9 Å². The van der Waals surface area contributed by atoms with Gasteiger partial charge in [0.2, 0.25) is 0 Å². The first kappa shape index (κ1) is 13.0. The van der Waals surface area contributed by atoms with Crippen LogP contribution in [0.5, 0.6) is 5.75 Å². The molecule has 0 saturated heterocycles. The highest BCUT2D eigenvalue weighted by molar-refractivity contribution is 7.80. The summed E-state index contributed by atoms with van der Waals surface area (Å²) in [5.41, 5.74) is 10.7. The topological polar surface area (TPSA) is 76.4 Å². The second-order valence-corrected chi connectivity index (χ2v) is 3.52. The van der Waals surface area contributed by atoms with Crippen molar-refractivity contribution in [3.63, 3.8) is 0 Å². The average molecular weight is 251 g/mol. The van der Waals surface area contributed by atoms with Crippen molar-refractivity contribution in [2.75, 3.05) is 7.11 Å². The maximum atomic E-state index is 11.2. The van der Waals surface area contributed by atoms with Gasteiger partial charge in [0.05, 0.1) is 7.11 Å². The molecule has 0 spiro atoms. The van der Waals surface area contributed by atoms with Crippen LogP contribution in [0.3, 0.4) is 0 Å². The lowest BCUT2D eigenvalue weighted by Gasteiger charge is -2.02. The predicted molar refractivity (Wildman–Crippen MR) is 70.1 cm³/mol. The summed E-state index contributed by atoms with van der Waals surface area (Å²) in [6.07, 6.45) is 3.03. The molecule has 1 aromatic carbocycles. The van der Waals surface area contributed by atoms with Crippen molar-refractivity contribution in [2.45, 2.75) is 0 Å². The minimum atomic E-state index is -0.339. The molecule has 0 bridgehead atoms. The van der Waals surface area contributed by atoms with E-state index in [9.17, 15) is 4.79 Å². The van der Waals surface area contributed by atoms with E-state index in [1.807, 2.05) is 24.3 Å². The summed E-state index contributed by atoms with van der Waals surface area (Å²) < 4.78 is 5.02. The molecule has 6 heteroatoms. The number of methoxy groups -OCH3 is 1. The second-order valence-electron chi connectivity index (χ2n) is 3.08. The van der Waals surface area contributed by atoms with Crippen LogP contribution >= 0.6 is 12.2 Å². The van der Waals surface area contributed by atoms with Gasteiger partial charge in [-0.1, -0.05) is 12.1 Å². The molecule has 0 aromatic heterocycles. The summed E-state index contributed by atoms with van der Waals surface area (Å²) in [5.74, 6) is 0.426. The summed E-state index contributed by atoms with van der Waals surface area (Å²) in [4.78, 5) is 11.2. The van der Waals surface area contributed by atoms with E-state index >= 15 is 0 Å². The Morgan fingerprint density at radius 2 is 2.00 bits per heavy atom. The zero-order valence-corrected chi connectivity index (χ0v) is 10.1. The van der Waals surface area contributed by atoms with Crippen LogP contribution in [0.2, 0.25) is 0 Å². The minimum absolute atomic E-state index is 0.0104. The molecule has 1 aromatic rings. The summed E-state index contributed by atoms with van der Waals surface area (Å²) in [6, 6.07) is 7.29. The Morgan fingerprint density at radius 3 is 2.53 bits per heavy atom. The van der Waals surface area contributed by atoms with Gasteiger partial charge in [-0.2, -0.15) is 0 Å². The monoisotopic (exact) mass is 251 g/mol. The van der Waals surface area contributed by atoms with Crippen molar-refractivity contribution >= 4 is 29.3 Å². The van der Waals surface area contributed by atoms with E-state index in [-0.39, 0.29) is 11.0 Å². The van der Waals surface area contributed by atoms with Gasteiger partial charge >= 0.3 is 0 Å². The number of amides is 1. The highest BCUT2D eigenvalue weighted by atomic mass is 32.1. The number of thiocarbonyl (C=S) groups is 1. The molecule has 1 amide bonds. The normalized spacial score (nSPS) is 9.94. The van der Waals surface area contributed by atoms with Crippen LogP contribution in [0, 0.1) is 0 Å². The molecule has 4 N–H and O–H groups in total. The molecule has 0 unspecified atom stereocenters. The van der Waals surface area contributed by atoms with E-state index in [1.54, 1.807) is 13.2 Å². The first-order valence-electron chi connectivity index (χ1n) is 4.79. The molecule has 90 valence electrons. The third kappa shape index (κ3) is 4.98. The molecular formula is C11H13N3O2S. The fraction of sp³-hybridized carbons (Fsp3) is 0.0909. The SMILES string of the molecule is COc1ccc(/C=C/C(=O)NNC(N)=S)cc1. The number of ether oxygens (including phenoxy) is 1. The average Bonchev–Trinajstić information content (AvgIpc) is 2.34. The van der Waals surface area contributed by atoms with Gasteiger partial charge < -0.3 is 10.5 Å². The van der Waals surface area contributed by atoms with Crippen LogP contribution in [0.1, 0.15) is 5.56 Å². The summed E-state index contributed by atoms with van der Waals surface area (Å²) in [6.45, 7) is 0. The fourth-order valence-corrected chi connectivity index (χ4v) is 1.10. The lowest BCUT2D eigenvalue weighted by molar-refractivity contribution is -0.116. The van der Waals surface area contributed by atoms with Gasteiger partial charge in [0.1, 0.15) is 5.75 Å². The summed E-state index contributed by atoms with van der Waals surface area (Å²) >= 11 is 4.53. The third-order valence-corrected chi connectivity index (χ3v) is 1.95. The van der Waals surface area contributed by atoms with Crippen LogP contribution in [-0.2, 0) is 4.79 Å². The van der Waals surface area contributed by atoms with E-state index in [0.29, 0.717) is 0 Å². The van der Waals surface area contributed by atoms with Crippen molar-refractivity contribution < 1.29 is 9.53 Å². The van der Waals surface area contributed by atoms with E-state index in [0.717, 1.165) is 11.3 Å². The zero-order chi connectivity index (χ0) is 12.7. The Labute approximate surface area is 105 Å². The summed E-state index contributed by atoms with van der Waals surface area (Å²) in [5, 5.41) is 0.0104. The van der Waals surface area contributed by atoms with Crippen molar-refractivity contribution in [2.24, 2.45) is 5.73 Å². The maximum Gasteiger partial charge on any atom is 0.262 e. The Balaban J connectivity index is 2.51. The number of hydrazine groups is 1. The van der Waals surface area contributed by atoms with Crippen molar-refractivity contribution in [1.29, 1.82) is 0 Å². The highest BCUT2D eigenvalue weighted by Crippen LogP contribution is 2.11. The van der Waals surface area contributed by atoms with E-state index in [2.05, 4.69) is 23.1 Å². The number of carbonyl (C=O) groups excluding carboxylic acids is 1. The second kappa shape index (κ2) is 6.49. The van der Waals surface area contributed by atoms with E-state index < -0.39 is 0 Å². The van der Waals surface area contributed by atoms with Crippen LogP contribution in [0.4, 0.5) is 0 Å². The molecule has 5 nitrogen and oxygen atoms in total. The number of hydrogen-bond donors (Lipinski definition) is 3. The zero-order valence-electron chi connectivity index (χ0n) is 9.27. The van der Waals surface area contributed by atoms with Crippen LogP contribution in [-0.4, -0.2) is 18.1 Å². The third-order valence-electron chi connectivity index (χ3n) is 1.85. The van der Waals surface area contributed by atoms with Gasteiger partial charge in [-0.05, 0) is 36.0 Å². The highest BCUT2D eigenvalue weighted by Gasteiger charge is 1.95. The van der Waals surface area contributed by atoms with Crippen molar-refractivity contribution in [3.8, 4) is 5.75 Å². The summed E-state index contributed by atoms with van der Waals surface area (Å²) in [7, 11) is 1.60. The Hall–Kier alpha value is -2.08. The molecule has 17 heavy (non-hydrogen) atoms. The lowest BCUT2D eigenvalue weighted by atomic mass is 10.2. The van der Waals surface area contributed by atoms with Crippen LogP contribution in [0.15, 0.2) is 30.3 Å². The van der Waals surface area contributed by atoms with Crippen LogP contribution < -0.4 is 21.3 Å². The molecule has 0 radical (unpaired) electrons. The Bertz CT molecular complexity index is 429. The molecule has 0 heterocycles. The Kier molecular flexibility index (Phi) is 4.96. The first-order valence-corrected chi connectivity index (χ1v) is 5.20. The number of nitrogens with two attached hydrogens (primary N) is 1. The number of carbonyl (C=O) groups is 1. The number of hydrogen-bond acceptors (Lipinski definition) is 3. The van der Waals surface area contributed by atoms with Gasteiger partial charge in [0, 0.05) is 6.08 Å². The van der Waals surface area contributed by atoms with Gasteiger partial charge in [0.25, 0.3) is 5.91 Å². The molecule has 0 fully saturated rings. The van der Waals surface area contributed by atoms with Gasteiger partial charge in [-0.25, -0.2) is 0 Å². The standard InChI is InChI=1S/C11H13N3O2S/c1-16-9-5-2-8(3-6-9)4-7-10(15)13-14-11(12)17/h2-7H,1H3,(H,13,15)(H3,12,14,17)/b7-4+. The molecule has 0 aliphatic heterocycles. The predicted octanol–water partition coefficient (Wildman–Crippen LogP) is 0.573. The van der Waals surface area contributed by atoms with Gasteiger partial charge in [-0.15, -0.1) is 0 Å². The smallest absolute Gasteiger partial charge is 0.262 e.